The van der Waals surface area contributed by atoms with Gasteiger partial charge in [-0.3, -0.25) is 4.79 Å². The molecule has 1 aliphatic heterocycles. The van der Waals surface area contributed by atoms with E-state index in [1.54, 1.807) is 6.20 Å². The molecule has 0 aliphatic carbocycles. The fraction of sp³-hybridized carbons (Fsp3) is 0.429. The number of hydrogen-bond acceptors (Lipinski definition) is 4. The lowest BCUT2D eigenvalue weighted by atomic mass is 10.1. The summed E-state index contributed by atoms with van der Waals surface area (Å²) in [5.74, 6) is 0.982. The molecule has 0 saturated carbocycles. The summed E-state index contributed by atoms with van der Waals surface area (Å²) >= 11 is 0. The summed E-state index contributed by atoms with van der Waals surface area (Å²) < 4.78 is 0. The minimum Gasteiger partial charge on any atom is -0.354 e. The molecule has 0 bridgehead atoms. The zero-order chi connectivity index (χ0) is 18.5. The van der Waals surface area contributed by atoms with Gasteiger partial charge in [-0.1, -0.05) is 30.3 Å². The first-order chi connectivity index (χ1) is 12.5. The van der Waals surface area contributed by atoms with Crippen LogP contribution in [-0.4, -0.2) is 60.0 Å². The van der Waals surface area contributed by atoms with Crippen molar-refractivity contribution in [3.05, 3.63) is 59.8 Å². The fourth-order valence-electron chi connectivity index (χ4n) is 3.17. The predicted octanol–water partition coefficient (Wildman–Crippen LogP) is 2.88. The maximum Gasteiger partial charge on any atom is 0.255 e. The molecule has 1 aromatic heterocycles. The van der Waals surface area contributed by atoms with E-state index < -0.39 is 0 Å². The topological polar surface area (TPSA) is 39.7 Å². The van der Waals surface area contributed by atoms with Gasteiger partial charge in [0.15, 0.2) is 0 Å². The lowest BCUT2D eigenvalue weighted by Crippen LogP contribution is -2.44. The highest BCUT2D eigenvalue weighted by Crippen LogP contribution is 2.17. The number of amides is 1. The van der Waals surface area contributed by atoms with Gasteiger partial charge >= 0.3 is 0 Å². The normalized spacial score (nSPS) is 15.3. The van der Waals surface area contributed by atoms with E-state index >= 15 is 0 Å². The average molecular weight is 352 g/mol. The van der Waals surface area contributed by atoms with E-state index in [4.69, 9.17) is 0 Å². The lowest BCUT2D eigenvalue weighted by Gasteiger charge is -2.33. The smallest absolute Gasteiger partial charge is 0.255 e. The Labute approximate surface area is 156 Å². The molecule has 26 heavy (non-hydrogen) atoms. The number of likely N-dealkylation sites (N-methyl/N-ethyl adjacent to an activating group) is 1. The molecule has 2 heterocycles. The molecule has 138 valence electrons. The zero-order valence-electron chi connectivity index (χ0n) is 15.9. The maximum atomic E-state index is 13.0. The Hall–Kier alpha value is -2.40. The van der Waals surface area contributed by atoms with Gasteiger partial charge in [-0.25, -0.2) is 4.98 Å². The first-order valence-corrected chi connectivity index (χ1v) is 9.29. The molecule has 0 spiro atoms. The Bertz CT molecular complexity index is 707. The van der Waals surface area contributed by atoms with Crippen molar-refractivity contribution >= 4 is 11.7 Å². The van der Waals surface area contributed by atoms with Crippen molar-refractivity contribution in [2.24, 2.45) is 0 Å². The van der Waals surface area contributed by atoms with Crippen LogP contribution in [0.15, 0.2) is 48.7 Å². The van der Waals surface area contributed by atoms with Gasteiger partial charge in [-0.15, -0.1) is 0 Å². The van der Waals surface area contributed by atoms with E-state index in [1.165, 1.54) is 0 Å². The van der Waals surface area contributed by atoms with Crippen molar-refractivity contribution in [3.8, 4) is 0 Å². The summed E-state index contributed by atoms with van der Waals surface area (Å²) in [5, 5.41) is 0. The van der Waals surface area contributed by atoms with Crippen LogP contribution < -0.4 is 4.90 Å². The summed E-state index contributed by atoms with van der Waals surface area (Å²) in [6, 6.07) is 14.1. The van der Waals surface area contributed by atoms with Gasteiger partial charge in [-0.2, -0.15) is 0 Å². The van der Waals surface area contributed by atoms with Crippen LogP contribution in [-0.2, 0) is 6.54 Å². The Kier molecular flexibility index (Phi) is 5.89. The number of anilines is 1. The second-order valence-corrected chi connectivity index (χ2v) is 7.21. The van der Waals surface area contributed by atoms with Gasteiger partial charge < -0.3 is 14.7 Å². The number of aromatic nitrogens is 1. The first kappa shape index (κ1) is 18.4. The van der Waals surface area contributed by atoms with Crippen LogP contribution in [0.1, 0.15) is 29.8 Å². The Balaban J connectivity index is 1.71. The summed E-state index contributed by atoms with van der Waals surface area (Å²) in [4.78, 5) is 24.0. The Morgan fingerprint density at radius 3 is 2.35 bits per heavy atom. The molecule has 2 aromatic rings. The largest absolute Gasteiger partial charge is 0.354 e. The van der Waals surface area contributed by atoms with E-state index in [2.05, 4.69) is 34.0 Å². The number of hydrogen-bond donors (Lipinski definition) is 0. The molecule has 3 rings (SSSR count). The minimum atomic E-state index is 0.0290. The summed E-state index contributed by atoms with van der Waals surface area (Å²) in [5.41, 5.74) is 1.78. The van der Waals surface area contributed by atoms with Crippen molar-refractivity contribution in [2.75, 3.05) is 38.1 Å². The molecule has 1 aromatic carbocycles. The van der Waals surface area contributed by atoms with Gasteiger partial charge in [0.2, 0.25) is 0 Å². The van der Waals surface area contributed by atoms with Gasteiger partial charge in [0, 0.05) is 45.0 Å². The van der Waals surface area contributed by atoms with Crippen LogP contribution in [0.2, 0.25) is 0 Å². The van der Waals surface area contributed by atoms with Gasteiger partial charge in [-0.05, 0) is 38.6 Å². The predicted molar refractivity (Wildman–Crippen MR) is 105 cm³/mol. The van der Waals surface area contributed by atoms with E-state index in [9.17, 15) is 4.79 Å². The van der Waals surface area contributed by atoms with Crippen molar-refractivity contribution in [1.29, 1.82) is 0 Å². The highest BCUT2D eigenvalue weighted by Gasteiger charge is 2.20. The molecule has 1 amide bonds. The lowest BCUT2D eigenvalue weighted by molar-refractivity contribution is 0.0690. The molecule has 0 atom stereocenters. The zero-order valence-corrected chi connectivity index (χ0v) is 15.9. The molecule has 1 fully saturated rings. The molecular formula is C21H28N4O. The molecule has 1 saturated heterocycles. The number of pyridine rings is 1. The van der Waals surface area contributed by atoms with Crippen molar-refractivity contribution in [2.45, 2.75) is 26.4 Å². The van der Waals surface area contributed by atoms with Crippen LogP contribution >= 0.6 is 0 Å². The SMILES string of the molecule is CC(C)N(Cc1ccccc1)C(=O)c1ccc(N2CCN(C)CC2)nc1. The number of benzene rings is 1. The fourth-order valence-corrected chi connectivity index (χ4v) is 3.17. The molecule has 5 heteroatoms. The van der Waals surface area contributed by atoms with Gasteiger partial charge in [0.05, 0.1) is 5.56 Å². The molecule has 0 N–H and O–H groups in total. The number of carbonyl (C=O) groups is 1. The van der Waals surface area contributed by atoms with Crippen molar-refractivity contribution in [1.82, 2.24) is 14.8 Å². The van der Waals surface area contributed by atoms with E-state index in [1.807, 2.05) is 49.1 Å². The average Bonchev–Trinajstić information content (AvgIpc) is 2.67. The summed E-state index contributed by atoms with van der Waals surface area (Å²) in [6.07, 6.45) is 1.72. The first-order valence-electron chi connectivity index (χ1n) is 9.29. The van der Waals surface area contributed by atoms with Gasteiger partial charge in [0.1, 0.15) is 5.82 Å². The monoisotopic (exact) mass is 352 g/mol. The standard InChI is InChI=1S/C21H28N4O/c1-17(2)25(16-18-7-5-4-6-8-18)21(26)19-9-10-20(22-15-19)24-13-11-23(3)12-14-24/h4-10,15,17H,11-14,16H2,1-3H3. The van der Waals surface area contributed by atoms with Crippen LogP contribution in [0.3, 0.4) is 0 Å². The van der Waals surface area contributed by atoms with Crippen molar-refractivity contribution < 1.29 is 4.79 Å². The molecule has 1 aliphatic rings. The number of carbonyl (C=O) groups excluding carboxylic acids is 1. The number of rotatable bonds is 5. The number of nitrogens with zero attached hydrogens (tertiary/aromatic N) is 4. The molecule has 5 nitrogen and oxygen atoms in total. The summed E-state index contributed by atoms with van der Waals surface area (Å²) in [6.45, 7) is 8.74. The van der Waals surface area contributed by atoms with Crippen molar-refractivity contribution in [3.63, 3.8) is 0 Å². The van der Waals surface area contributed by atoms with Crippen LogP contribution in [0, 0.1) is 0 Å². The van der Waals surface area contributed by atoms with E-state index in [0.29, 0.717) is 12.1 Å². The summed E-state index contributed by atoms with van der Waals surface area (Å²) in [7, 11) is 2.14. The third kappa shape index (κ3) is 4.41. The highest BCUT2D eigenvalue weighted by molar-refractivity contribution is 5.94. The molecular weight excluding hydrogens is 324 g/mol. The molecule has 0 radical (unpaired) electrons. The maximum absolute atomic E-state index is 13.0. The Morgan fingerprint density at radius 2 is 1.77 bits per heavy atom. The van der Waals surface area contributed by atoms with Crippen LogP contribution in [0.25, 0.3) is 0 Å². The van der Waals surface area contributed by atoms with E-state index in [-0.39, 0.29) is 11.9 Å². The third-order valence-electron chi connectivity index (χ3n) is 4.90. The number of piperazine rings is 1. The second kappa shape index (κ2) is 8.32. The Morgan fingerprint density at radius 1 is 1.08 bits per heavy atom. The van der Waals surface area contributed by atoms with E-state index in [0.717, 1.165) is 37.6 Å². The highest BCUT2D eigenvalue weighted by atomic mass is 16.2. The third-order valence-corrected chi connectivity index (χ3v) is 4.90. The second-order valence-electron chi connectivity index (χ2n) is 7.21. The molecule has 0 unspecified atom stereocenters. The van der Waals surface area contributed by atoms with Crippen LogP contribution in [0.4, 0.5) is 5.82 Å². The minimum absolute atomic E-state index is 0.0290. The quantitative estimate of drug-likeness (QED) is 0.830. The van der Waals surface area contributed by atoms with Gasteiger partial charge in [0.25, 0.3) is 5.91 Å². The van der Waals surface area contributed by atoms with Crippen LogP contribution in [0.5, 0.6) is 0 Å².